The first-order chi connectivity index (χ1) is 21.7. The Morgan fingerprint density at radius 3 is 2.26 bits per heavy atom. The molecule has 0 amide bonds. The first-order valence-corrected chi connectivity index (χ1v) is 17.8. The Kier molecular flexibility index (Phi) is 8.15. The zero-order chi connectivity index (χ0) is 33.3. The normalized spacial score (nSPS) is 43.9. The molecule has 5 heteroatoms. The second kappa shape index (κ2) is 11.3. The van der Waals surface area contributed by atoms with Crippen LogP contribution in [0.3, 0.4) is 0 Å². The highest BCUT2D eigenvalue weighted by Gasteiger charge is 2.75. The summed E-state index contributed by atoms with van der Waals surface area (Å²) < 4.78 is 12.1. The molecule has 0 spiro atoms. The van der Waals surface area contributed by atoms with Crippen LogP contribution in [0.2, 0.25) is 0 Å². The van der Waals surface area contributed by atoms with Gasteiger partial charge in [-0.25, -0.2) is 0 Å². The second-order valence-electron chi connectivity index (χ2n) is 17.1. The lowest BCUT2D eigenvalue weighted by Gasteiger charge is -2.75. The molecule has 10 atom stereocenters. The Hall–Kier alpha value is -2.58. The summed E-state index contributed by atoms with van der Waals surface area (Å²) in [6.45, 7) is 18.1. The number of fused-ring (bicyclic) bond motifs is 7. The highest BCUT2D eigenvalue weighted by Crippen LogP contribution is 2.80. The van der Waals surface area contributed by atoms with Gasteiger partial charge in [0.05, 0.1) is 12.0 Å². The molecule has 5 nitrogen and oxygen atoms in total. The third kappa shape index (κ3) is 4.30. The van der Waals surface area contributed by atoms with Crippen LogP contribution in [0.1, 0.15) is 111 Å². The standard InChI is InChI=1S/C41H56O5/c1-9-41-24-22-38(7)32(39(41,8)19-18-33(36(41,4)5)46-28(3)43)16-15-31-34-30(27(2)25-42)17-20-40(34,23-21-37(31,38)6)35(44)45-26-29-13-11-10-12-14-29/h1,10-14,30-34,42H,2,15-26H2,3-8H3/t30-,31+,32?,33-,34?,37+,38+,39+,40-,41-/m0/s1. The van der Waals surface area contributed by atoms with Crippen molar-refractivity contribution in [2.75, 3.05) is 6.61 Å². The number of hydrogen-bond acceptors (Lipinski definition) is 5. The van der Waals surface area contributed by atoms with Gasteiger partial charge < -0.3 is 14.6 Å². The summed E-state index contributed by atoms with van der Waals surface area (Å²) in [6.07, 6.45) is 15.7. The Labute approximate surface area is 277 Å². The van der Waals surface area contributed by atoms with Crippen LogP contribution in [0.5, 0.6) is 0 Å². The molecule has 5 aliphatic rings. The molecule has 5 saturated carbocycles. The Balaban J connectivity index is 1.36. The topological polar surface area (TPSA) is 72.8 Å². The van der Waals surface area contributed by atoms with Crippen molar-refractivity contribution in [2.45, 2.75) is 118 Å². The van der Waals surface area contributed by atoms with Crippen molar-refractivity contribution in [3.63, 3.8) is 0 Å². The third-order valence-electron chi connectivity index (χ3n) is 15.7. The van der Waals surface area contributed by atoms with E-state index in [1.165, 1.54) is 6.92 Å². The SMILES string of the molecule is C#C[C@@]12CC[C@]3(C)C(CC[C@@H]4C5[C@H](C(=C)CO)CC[C@]5(C(=O)OCc5ccccc5)CC[C@]43C)[C@@]1(C)CC[C@H](OC(C)=O)C2(C)C. The summed E-state index contributed by atoms with van der Waals surface area (Å²) >= 11 is 0. The molecule has 0 bridgehead atoms. The predicted octanol–water partition coefficient (Wildman–Crippen LogP) is 8.29. The molecule has 6 rings (SSSR count). The highest BCUT2D eigenvalue weighted by molar-refractivity contribution is 5.78. The molecule has 0 heterocycles. The fourth-order valence-corrected chi connectivity index (χ4v) is 13.1. The molecule has 1 aromatic rings. The maximum absolute atomic E-state index is 14.3. The largest absolute Gasteiger partial charge is 0.462 e. The quantitative estimate of drug-likeness (QED) is 0.195. The zero-order valence-electron chi connectivity index (χ0n) is 29.1. The number of aliphatic hydroxyl groups excluding tert-OH is 1. The number of hydrogen-bond donors (Lipinski definition) is 1. The van der Waals surface area contributed by atoms with E-state index < -0.39 is 5.41 Å². The molecule has 1 N–H and O–H groups in total. The second-order valence-corrected chi connectivity index (χ2v) is 17.1. The average Bonchev–Trinajstić information content (AvgIpc) is 3.43. The number of terminal acetylenes is 1. The summed E-state index contributed by atoms with van der Waals surface area (Å²) in [5.41, 5.74) is 0.529. The van der Waals surface area contributed by atoms with Crippen LogP contribution in [0.4, 0.5) is 0 Å². The number of benzene rings is 1. The van der Waals surface area contributed by atoms with Gasteiger partial charge in [0, 0.05) is 17.8 Å². The van der Waals surface area contributed by atoms with Crippen LogP contribution < -0.4 is 0 Å². The summed E-state index contributed by atoms with van der Waals surface area (Å²) in [4.78, 5) is 26.5. The first-order valence-electron chi connectivity index (χ1n) is 17.8. The molecule has 0 saturated heterocycles. The molecule has 0 radical (unpaired) electrons. The Morgan fingerprint density at radius 2 is 1.61 bits per heavy atom. The van der Waals surface area contributed by atoms with Gasteiger partial charge in [-0.15, -0.1) is 6.42 Å². The highest BCUT2D eigenvalue weighted by atomic mass is 16.5. The minimum atomic E-state index is -0.545. The summed E-state index contributed by atoms with van der Waals surface area (Å²) in [5, 5.41) is 10.3. The van der Waals surface area contributed by atoms with Crippen LogP contribution >= 0.6 is 0 Å². The molecule has 5 aliphatic carbocycles. The molecule has 1 aromatic carbocycles. The van der Waals surface area contributed by atoms with Crippen LogP contribution in [0.25, 0.3) is 0 Å². The van der Waals surface area contributed by atoms with Crippen LogP contribution in [-0.4, -0.2) is 29.8 Å². The molecule has 2 unspecified atom stereocenters. The van der Waals surface area contributed by atoms with E-state index in [1.54, 1.807) is 0 Å². The summed E-state index contributed by atoms with van der Waals surface area (Å²) in [6, 6.07) is 9.96. The van der Waals surface area contributed by atoms with E-state index in [-0.39, 0.29) is 70.2 Å². The molecule has 250 valence electrons. The van der Waals surface area contributed by atoms with Crippen LogP contribution in [-0.2, 0) is 25.7 Å². The van der Waals surface area contributed by atoms with E-state index >= 15 is 0 Å². The van der Waals surface area contributed by atoms with E-state index in [4.69, 9.17) is 15.9 Å². The van der Waals surface area contributed by atoms with Gasteiger partial charge in [0.15, 0.2) is 0 Å². The maximum Gasteiger partial charge on any atom is 0.312 e. The lowest BCUT2D eigenvalue weighted by Crippen LogP contribution is -2.70. The third-order valence-corrected chi connectivity index (χ3v) is 15.7. The van der Waals surface area contributed by atoms with Gasteiger partial charge in [-0.1, -0.05) is 77.4 Å². The van der Waals surface area contributed by atoms with Gasteiger partial charge in [-0.3, -0.25) is 9.59 Å². The van der Waals surface area contributed by atoms with Crippen molar-refractivity contribution < 1.29 is 24.2 Å². The van der Waals surface area contributed by atoms with Gasteiger partial charge in [0.25, 0.3) is 0 Å². The fourth-order valence-electron chi connectivity index (χ4n) is 13.1. The van der Waals surface area contributed by atoms with Crippen molar-refractivity contribution in [3.8, 4) is 12.3 Å². The lowest BCUT2D eigenvalue weighted by molar-refractivity contribution is -0.270. The van der Waals surface area contributed by atoms with E-state index in [0.29, 0.717) is 11.8 Å². The van der Waals surface area contributed by atoms with Crippen molar-refractivity contribution in [3.05, 3.63) is 48.0 Å². The number of aliphatic hydroxyl groups is 1. The minimum absolute atomic E-state index is 0.00274. The number of ether oxygens (including phenoxy) is 2. The number of carbonyl (C=O) groups is 2. The number of carbonyl (C=O) groups excluding carboxylic acids is 2. The average molecular weight is 629 g/mol. The summed E-state index contributed by atoms with van der Waals surface area (Å²) in [5.74, 6) is 4.09. The molecule has 0 aliphatic heterocycles. The van der Waals surface area contributed by atoms with Crippen molar-refractivity contribution in [1.82, 2.24) is 0 Å². The molecular weight excluding hydrogens is 572 g/mol. The first kappa shape index (κ1) is 33.3. The zero-order valence-corrected chi connectivity index (χ0v) is 29.1. The van der Waals surface area contributed by atoms with E-state index in [0.717, 1.165) is 75.3 Å². The molecule has 0 aromatic heterocycles. The van der Waals surface area contributed by atoms with Crippen LogP contribution in [0.15, 0.2) is 42.5 Å². The van der Waals surface area contributed by atoms with Crippen LogP contribution in [0, 0.1) is 68.5 Å². The monoisotopic (exact) mass is 628 g/mol. The van der Waals surface area contributed by atoms with Crippen molar-refractivity contribution in [1.29, 1.82) is 0 Å². The number of esters is 2. The Morgan fingerprint density at radius 1 is 0.913 bits per heavy atom. The van der Waals surface area contributed by atoms with E-state index in [1.807, 2.05) is 30.3 Å². The fraction of sp³-hybridized carbons (Fsp3) is 0.707. The maximum atomic E-state index is 14.3. The van der Waals surface area contributed by atoms with Gasteiger partial charge in [-0.05, 0) is 115 Å². The number of rotatable bonds is 6. The van der Waals surface area contributed by atoms with Gasteiger partial charge in [0.1, 0.15) is 12.7 Å². The minimum Gasteiger partial charge on any atom is -0.462 e. The van der Waals surface area contributed by atoms with Crippen molar-refractivity contribution in [2.24, 2.45) is 56.2 Å². The molecule has 5 fully saturated rings. The smallest absolute Gasteiger partial charge is 0.312 e. The van der Waals surface area contributed by atoms with Crippen molar-refractivity contribution >= 4 is 11.9 Å². The molecule has 46 heavy (non-hydrogen) atoms. The van der Waals surface area contributed by atoms with Gasteiger partial charge in [0.2, 0.25) is 0 Å². The van der Waals surface area contributed by atoms with Gasteiger partial charge >= 0.3 is 11.9 Å². The predicted molar refractivity (Wildman–Crippen MR) is 180 cm³/mol. The van der Waals surface area contributed by atoms with E-state index in [9.17, 15) is 14.7 Å². The Bertz CT molecular complexity index is 1420. The summed E-state index contributed by atoms with van der Waals surface area (Å²) in [7, 11) is 0. The molecular formula is C41H56O5. The van der Waals surface area contributed by atoms with E-state index in [2.05, 4.69) is 47.1 Å². The lowest BCUT2D eigenvalue weighted by atomic mass is 9.29. The van der Waals surface area contributed by atoms with Gasteiger partial charge in [-0.2, -0.15) is 0 Å².